The number of hydrogen-bond acceptors (Lipinski definition) is 5. The number of aromatic nitrogens is 2. The van der Waals surface area contributed by atoms with Crippen molar-refractivity contribution < 1.29 is 14.3 Å². The van der Waals surface area contributed by atoms with Gasteiger partial charge in [-0.15, -0.1) is 5.10 Å². The van der Waals surface area contributed by atoms with Crippen molar-refractivity contribution in [2.75, 3.05) is 26.3 Å². The van der Waals surface area contributed by atoms with Gasteiger partial charge >= 0.3 is 0 Å². The van der Waals surface area contributed by atoms with Crippen LogP contribution in [0.15, 0.2) is 12.1 Å². The van der Waals surface area contributed by atoms with E-state index in [0.717, 1.165) is 25.1 Å². The van der Waals surface area contributed by atoms with Gasteiger partial charge in [0.2, 0.25) is 11.8 Å². The quantitative estimate of drug-likeness (QED) is 0.817. The highest BCUT2D eigenvalue weighted by atomic mass is 16.5. The summed E-state index contributed by atoms with van der Waals surface area (Å²) in [7, 11) is 0. The Bertz CT molecular complexity index is 471. The molecule has 20 heavy (non-hydrogen) atoms. The molecule has 2 atom stereocenters. The molecule has 3 heterocycles. The molecule has 0 N–H and O–H groups in total. The molecule has 3 rings (SSSR count). The summed E-state index contributed by atoms with van der Waals surface area (Å²) in [5, 5.41) is 7.96. The Morgan fingerprint density at radius 2 is 2.30 bits per heavy atom. The van der Waals surface area contributed by atoms with Crippen molar-refractivity contribution in [3.63, 3.8) is 0 Å². The Hall–Kier alpha value is -1.69. The lowest BCUT2D eigenvalue weighted by atomic mass is 10.1. The maximum atomic E-state index is 12.3. The smallest absolute Gasteiger partial charge is 0.233 e. The monoisotopic (exact) mass is 277 g/mol. The van der Waals surface area contributed by atoms with E-state index in [1.54, 1.807) is 0 Å². The van der Waals surface area contributed by atoms with Crippen LogP contribution in [0.5, 0.6) is 5.88 Å². The second kappa shape index (κ2) is 5.75. The summed E-state index contributed by atoms with van der Waals surface area (Å²) in [6, 6.07) is 3.69. The van der Waals surface area contributed by atoms with Crippen molar-refractivity contribution >= 4 is 5.91 Å². The lowest BCUT2D eigenvalue weighted by molar-refractivity contribution is -0.134. The minimum Gasteiger partial charge on any atom is -0.471 e. The molecule has 1 aromatic rings. The highest BCUT2D eigenvalue weighted by Gasteiger charge is 2.33. The predicted molar refractivity (Wildman–Crippen MR) is 71.3 cm³/mol. The van der Waals surface area contributed by atoms with E-state index in [9.17, 15) is 4.79 Å². The average molecular weight is 277 g/mol. The number of amides is 1. The maximum absolute atomic E-state index is 12.3. The zero-order chi connectivity index (χ0) is 13.9. The zero-order valence-electron chi connectivity index (χ0n) is 11.6. The first kappa shape index (κ1) is 13.3. The number of likely N-dealkylation sites (tertiary alicyclic amines) is 1. The fourth-order valence-corrected chi connectivity index (χ4v) is 2.63. The van der Waals surface area contributed by atoms with E-state index in [1.807, 2.05) is 24.0 Å². The van der Waals surface area contributed by atoms with Crippen molar-refractivity contribution in [2.24, 2.45) is 5.92 Å². The summed E-state index contributed by atoms with van der Waals surface area (Å²) in [5.41, 5.74) is 0.863. The second-order valence-corrected chi connectivity index (χ2v) is 5.39. The van der Waals surface area contributed by atoms with Crippen LogP contribution in [0.2, 0.25) is 0 Å². The molecule has 2 fully saturated rings. The summed E-state index contributed by atoms with van der Waals surface area (Å²) < 4.78 is 11.0. The van der Waals surface area contributed by atoms with Gasteiger partial charge < -0.3 is 14.4 Å². The lowest BCUT2D eigenvalue weighted by Gasteiger charge is -2.19. The Morgan fingerprint density at radius 3 is 3.00 bits per heavy atom. The van der Waals surface area contributed by atoms with Crippen molar-refractivity contribution in [1.82, 2.24) is 15.1 Å². The van der Waals surface area contributed by atoms with Crippen molar-refractivity contribution in [3.8, 4) is 5.88 Å². The van der Waals surface area contributed by atoms with Gasteiger partial charge in [-0.05, 0) is 19.4 Å². The third-order valence-corrected chi connectivity index (χ3v) is 3.80. The van der Waals surface area contributed by atoms with Gasteiger partial charge in [0.15, 0.2) is 0 Å². The van der Waals surface area contributed by atoms with Crippen LogP contribution in [0.1, 0.15) is 18.5 Å². The number of nitrogens with zero attached hydrogens (tertiary/aromatic N) is 3. The fraction of sp³-hybridized carbons (Fsp3) is 0.643. The van der Waals surface area contributed by atoms with Gasteiger partial charge in [0.1, 0.15) is 6.10 Å². The van der Waals surface area contributed by atoms with Crippen LogP contribution in [-0.2, 0) is 9.53 Å². The molecule has 6 nitrogen and oxygen atoms in total. The van der Waals surface area contributed by atoms with Crippen molar-refractivity contribution in [2.45, 2.75) is 25.9 Å². The second-order valence-electron chi connectivity index (χ2n) is 5.39. The predicted octanol–water partition coefficient (Wildman–Crippen LogP) is 0.801. The first-order chi connectivity index (χ1) is 9.72. The van der Waals surface area contributed by atoms with Crippen LogP contribution in [0, 0.1) is 12.8 Å². The standard InChI is InChI=1S/C14H19N3O3/c1-10-2-3-13(16-15-10)20-12-4-6-17(8-12)14(18)11-5-7-19-9-11/h2-3,11-12H,4-9H2,1H3/t11-,12+/m1/s1. The van der Waals surface area contributed by atoms with Gasteiger partial charge in [0, 0.05) is 25.6 Å². The Balaban J connectivity index is 1.54. The number of carbonyl (C=O) groups is 1. The minimum absolute atomic E-state index is 0.0123. The highest BCUT2D eigenvalue weighted by molar-refractivity contribution is 5.79. The van der Waals surface area contributed by atoms with E-state index in [2.05, 4.69) is 10.2 Å². The SMILES string of the molecule is Cc1ccc(O[C@H]2CCN(C(=O)[C@@H]3CCOC3)C2)nn1. The van der Waals surface area contributed by atoms with Gasteiger partial charge in [0.25, 0.3) is 0 Å². The summed E-state index contributed by atoms with van der Waals surface area (Å²) in [5.74, 6) is 0.760. The largest absolute Gasteiger partial charge is 0.471 e. The minimum atomic E-state index is 0.0123. The lowest BCUT2D eigenvalue weighted by Crippen LogP contribution is -2.36. The molecule has 0 unspecified atom stereocenters. The van der Waals surface area contributed by atoms with Gasteiger partial charge in [0.05, 0.1) is 24.8 Å². The van der Waals surface area contributed by atoms with Crippen molar-refractivity contribution in [3.05, 3.63) is 17.8 Å². The zero-order valence-corrected chi connectivity index (χ0v) is 11.6. The normalized spacial score (nSPS) is 25.9. The molecule has 0 bridgehead atoms. The van der Waals surface area contributed by atoms with E-state index < -0.39 is 0 Å². The highest BCUT2D eigenvalue weighted by Crippen LogP contribution is 2.21. The molecule has 2 aliphatic rings. The number of aryl methyl sites for hydroxylation is 1. The Labute approximate surface area is 118 Å². The molecule has 108 valence electrons. The fourth-order valence-electron chi connectivity index (χ4n) is 2.63. The average Bonchev–Trinajstić information content (AvgIpc) is 3.12. The molecule has 0 saturated carbocycles. The summed E-state index contributed by atoms with van der Waals surface area (Å²) in [6.07, 6.45) is 1.69. The van der Waals surface area contributed by atoms with Crippen LogP contribution in [0.4, 0.5) is 0 Å². The van der Waals surface area contributed by atoms with Gasteiger partial charge in [-0.2, -0.15) is 5.10 Å². The van der Waals surface area contributed by atoms with E-state index in [1.165, 1.54) is 0 Å². The Morgan fingerprint density at radius 1 is 1.40 bits per heavy atom. The van der Waals surface area contributed by atoms with Crippen LogP contribution >= 0.6 is 0 Å². The third-order valence-electron chi connectivity index (χ3n) is 3.80. The molecule has 0 spiro atoms. The Kier molecular flexibility index (Phi) is 3.82. The third kappa shape index (κ3) is 2.90. The van der Waals surface area contributed by atoms with Gasteiger partial charge in [-0.1, -0.05) is 0 Å². The van der Waals surface area contributed by atoms with Crippen LogP contribution in [-0.4, -0.2) is 53.4 Å². The molecule has 1 aromatic heterocycles. The summed E-state index contributed by atoms with van der Waals surface area (Å²) >= 11 is 0. The van der Waals surface area contributed by atoms with Gasteiger partial charge in [-0.25, -0.2) is 0 Å². The van der Waals surface area contributed by atoms with E-state index >= 15 is 0 Å². The van der Waals surface area contributed by atoms with Crippen LogP contribution < -0.4 is 4.74 Å². The van der Waals surface area contributed by atoms with E-state index in [4.69, 9.17) is 9.47 Å². The van der Waals surface area contributed by atoms with E-state index in [0.29, 0.717) is 25.6 Å². The summed E-state index contributed by atoms with van der Waals surface area (Å²) in [6.45, 7) is 4.52. The molecule has 0 aliphatic carbocycles. The van der Waals surface area contributed by atoms with Crippen molar-refractivity contribution in [1.29, 1.82) is 0 Å². The van der Waals surface area contributed by atoms with Crippen LogP contribution in [0.25, 0.3) is 0 Å². The number of rotatable bonds is 3. The number of carbonyl (C=O) groups excluding carboxylic acids is 1. The van der Waals surface area contributed by atoms with Gasteiger partial charge in [-0.3, -0.25) is 4.79 Å². The molecule has 2 saturated heterocycles. The van der Waals surface area contributed by atoms with E-state index in [-0.39, 0.29) is 17.9 Å². The molecule has 0 radical (unpaired) electrons. The molecule has 2 aliphatic heterocycles. The molecule has 0 aromatic carbocycles. The summed E-state index contributed by atoms with van der Waals surface area (Å²) in [4.78, 5) is 14.1. The molecule has 1 amide bonds. The molecular formula is C14H19N3O3. The maximum Gasteiger partial charge on any atom is 0.233 e. The number of hydrogen-bond donors (Lipinski definition) is 0. The van der Waals surface area contributed by atoms with Crippen LogP contribution in [0.3, 0.4) is 0 Å². The number of ether oxygens (including phenoxy) is 2. The topological polar surface area (TPSA) is 64.5 Å². The first-order valence-electron chi connectivity index (χ1n) is 7.06. The first-order valence-corrected chi connectivity index (χ1v) is 7.06. The molecular weight excluding hydrogens is 258 g/mol. The molecule has 6 heteroatoms.